The van der Waals surface area contributed by atoms with Crippen molar-refractivity contribution >= 4 is 15.7 Å². The molecule has 1 aromatic heterocycles. The third-order valence-electron chi connectivity index (χ3n) is 4.63. The van der Waals surface area contributed by atoms with Crippen LogP contribution in [0, 0.1) is 13.8 Å². The molecule has 0 unspecified atom stereocenters. The topological polar surface area (TPSA) is 76.8 Å². The van der Waals surface area contributed by atoms with Crippen LogP contribution in [0.4, 0.5) is 0 Å². The van der Waals surface area contributed by atoms with E-state index >= 15 is 0 Å². The van der Waals surface area contributed by atoms with Gasteiger partial charge in [0.1, 0.15) is 12.4 Å². The molecule has 3 aromatic rings. The highest BCUT2D eigenvalue weighted by Gasteiger charge is 2.24. The summed E-state index contributed by atoms with van der Waals surface area (Å²) >= 11 is 0. The third kappa shape index (κ3) is 5.30. The van der Waals surface area contributed by atoms with E-state index in [1.165, 1.54) is 29.4 Å². The standard InChI is InChI=1S/C23H25NO5S/c1-17-13-18(2)15-20(14-17)28-12-10-24(3)23(25)22-19(9-11-29-22)16-30(26,27)21-7-5-4-6-8-21/h4-9,11,13-15H,10,12,16H2,1-3H3. The maximum absolute atomic E-state index is 12.8. The number of hydrogen-bond acceptors (Lipinski definition) is 5. The average Bonchev–Trinajstić information content (AvgIpc) is 3.14. The Balaban J connectivity index is 1.64. The molecule has 1 amide bonds. The van der Waals surface area contributed by atoms with Crippen LogP contribution in [-0.2, 0) is 15.6 Å². The normalized spacial score (nSPS) is 11.3. The van der Waals surface area contributed by atoms with Crippen molar-refractivity contribution in [2.24, 2.45) is 0 Å². The molecule has 158 valence electrons. The third-order valence-corrected chi connectivity index (χ3v) is 6.31. The molecule has 0 aliphatic rings. The molecule has 0 saturated heterocycles. The van der Waals surface area contributed by atoms with E-state index in [0.29, 0.717) is 18.7 Å². The van der Waals surface area contributed by atoms with Gasteiger partial charge in [0.15, 0.2) is 15.6 Å². The predicted molar refractivity (Wildman–Crippen MR) is 114 cm³/mol. The average molecular weight is 428 g/mol. The van der Waals surface area contributed by atoms with Crippen LogP contribution in [0.25, 0.3) is 0 Å². The van der Waals surface area contributed by atoms with Crippen LogP contribution >= 0.6 is 0 Å². The Morgan fingerprint density at radius 3 is 2.37 bits per heavy atom. The second kappa shape index (κ2) is 9.17. The number of benzene rings is 2. The largest absolute Gasteiger partial charge is 0.492 e. The zero-order valence-corrected chi connectivity index (χ0v) is 18.1. The number of amides is 1. The Morgan fingerprint density at radius 2 is 1.70 bits per heavy atom. The van der Waals surface area contributed by atoms with Gasteiger partial charge in [0.2, 0.25) is 0 Å². The summed E-state index contributed by atoms with van der Waals surface area (Å²) in [6.45, 7) is 4.63. The Hall–Kier alpha value is -3.06. The first-order valence-electron chi connectivity index (χ1n) is 9.57. The summed E-state index contributed by atoms with van der Waals surface area (Å²) < 4.78 is 36.4. The van der Waals surface area contributed by atoms with Gasteiger partial charge in [-0.3, -0.25) is 4.79 Å². The van der Waals surface area contributed by atoms with Gasteiger partial charge < -0.3 is 14.1 Å². The molecule has 0 N–H and O–H groups in total. The number of likely N-dealkylation sites (N-methyl/N-ethyl adjacent to an activating group) is 1. The number of sulfone groups is 1. The van der Waals surface area contributed by atoms with E-state index in [4.69, 9.17) is 9.15 Å². The van der Waals surface area contributed by atoms with Crippen molar-refractivity contribution in [1.82, 2.24) is 4.90 Å². The molecule has 7 heteroatoms. The smallest absolute Gasteiger partial charge is 0.289 e. The number of aryl methyl sites for hydroxylation is 2. The zero-order chi connectivity index (χ0) is 21.7. The first kappa shape index (κ1) is 21.6. The molecule has 30 heavy (non-hydrogen) atoms. The summed E-state index contributed by atoms with van der Waals surface area (Å²) in [5, 5.41) is 0. The fourth-order valence-electron chi connectivity index (χ4n) is 3.14. The van der Waals surface area contributed by atoms with E-state index in [9.17, 15) is 13.2 Å². The fourth-order valence-corrected chi connectivity index (χ4v) is 4.52. The van der Waals surface area contributed by atoms with Crippen LogP contribution in [0.3, 0.4) is 0 Å². The van der Waals surface area contributed by atoms with Crippen LogP contribution in [0.5, 0.6) is 5.75 Å². The molecule has 0 bridgehead atoms. The van der Waals surface area contributed by atoms with Crippen molar-refractivity contribution < 1.29 is 22.4 Å². The molecule has 0 fully saturated rings. The number of carbonyl (C=O) groups is 1. The Bertz CT molecular complexity index is 1100. The minimum absolute atomic E-state index is 0.0309. The SMILES string of the molecule is Cc1cc(C)cc(OCCN(C)C(=O)c2occc2CS(=O)(=O)c2ccccc2)c1. The lowest BCUT2D eigenvalue weighted by atomic mass is 10.1. The van der Waals surface area contributed by atoms with Crippen LogP contribution in [0.1, 0.15) is 27.2 Å². The Kier molecular flexibility index (Phi) is 6.62. The highest BCUT2D eigenvalue weighted by Crippen LogP contribution is 2.21. The number of hydrogen-bond donors (Lipinski definition) is 0. The van der Waals surface area contributed by atoms with Crippen LogP contribution < -0.4 is 4.74 Å². The molecule has 0 spiro atoms. The van der Waals surface area contributed by atoms with E-state index in [0.717, 1.165) is 16.9 Å². The van der Waals surface area contributed by atoms with Gasteiger partial charge in [0.25, 0.3) is 5.91 Å². The quantitative estimate of drug-likeness (QED) is 0.543. The predicted octanol–water partition coefficient (Wildman–Crippen LogP) is 4.02. The van der Waals surface area contributed by atoms with Crippen LogP contribution in [0.2, 0.25) is 0 Å². The summed E-state index contributed by atoms with van der Waals surface area (Å²) in [6, 6.07) is 15.6. The van der Waals surface area contributed by atoms with Crippen molar-refractivity contribution in [3.63, 3.8) is 0 Å². The molecule has 2 aromatic carbocycles. The number of furan rings is 1. The van der Waals surface area contributed by atoms with Gasteiger partial charge in [-0.15, -0.1) is 0 Å². The maximum atomic E-state index is 12.8. The molecule has 3 rings (SSSR count). The molecule has 1 heterocycles. The first-order valence-corrected chi connectivity index (χ1v) is 11.2. The fraction of sp³-hybridized carbons (Fsp3) is 0.261. The first-order chi connectivity index (χ1) is 14.3. The number of ether oxygens (including phenoxy) is 1. The van der Waals surface area contributed by atoms with Crippen LogP contribution in [0.15, 0.2) is 70.2 Å². The lowest BCUT2D eigenvalue weighted by molar-refractivity contribution is 0.0741. The second-order valence-electron chi connectivity index (χ2n) is 7.25. The summed E-state index contributed by atoms with van der Waals surface area (Å²) in [4.78, 5) is 14.4. The van der Waals surface area contributed by atoms with Crippen molar-refractivity contribution in [2.45, 2.75) is 24.5 Å². The van der Waals surface area contributed by atoms with Gasteiger partial charge in [0.05, 0.1) is 23.5 Å². The van der Waals surface area contributed by atoms with Crippen molar-refractivity contribution in [3.05, 3.63) is 83.3 Å². The van der Waals surface area contributed by atoms with E-state index in [-0.39, 0.29) is 22.3 Å². The summed E-state index contributed by atoms with van der Waals surface area (Å²) in [5.41, 5.74) is 2.55. The van der Waals surface area contributed by atoms with Gasteiger partial charge in [-0.25, -0.2) is 8.42 Å². The lowest BCUT2D eigenvalue weighted by Crippen LogP contribution is -2.31. The van der Waals surface area contributed by atoms with E-state index < -0.39 is 9.84 Å². The molecular weight excluding hydrogens is 402 g/mol. The Labute approximate surface area is 177 Å². The van der Waals surface area contributed by atoms with Gasteiger partial charge in [-0.05, 0) is 55.3 Å². The minimum Gasteiger partial charge on any atom is -0.492 e. The van der Waals surface area contributed by atoms with Gasteiger partial charge in [-0.2, -0.15) is 0 Å². The van der Waals surface area contributed by atoms with E-state index in [2.05, 4.69) is 6.07 Å². The molecule has 0 saturated carbocycles. The van der Waals surface area contributed by atoms with E-state index in [1.807, 2.05) is 26.0 Å². The maximum Gasteiger partial charge on any atom is 0.289 e. The monoisotopic (exact) mass is 427 g/mol. The number of rotatable bonds is 8. The zero-order valence-electron chi connectivity index (χ0n) is 17.3. The molecular formula is C23H25NO5S. The summed E-state index contributed by atoms with van der Waals surface area (Å²) in [5.74, 6) is 0.0910. The molecule has 0 atom stereocenters. The molecule has 0 aliphatic heterocycles. The highest BCUT2D eigenvalue weighted by atomic mass is 32.2. The minimum atomic E-state index is -3.58. The second-order valence-corrected chi connectivity index (χ2v) is 9.24. The molecule has 0 aliphatic carbocycles. The summed E-state index contributed by atoms with van der Waals surface area (Å²) in [7, 11) is -1.95. The highest BCUT2D eigenvalue weighted by molar-refractivity contribution is 7.90. The van der Waals surface area contributed by atoms with Crippen molar-refractivity contribution in [3.8, 4) is 5.75 Å². The molecule has 6 nitrogen and oxygen atoms in total. The van der Waals surface area contributed by atoms with Gasteiger partial charge in [-0.1, -0.05) is 24.3 Å². The number of carbonyl (C=O) groups excluding carboxylic acids is 1. The van der Waals surface area contributed by atoms with Crippen molar-refractivity contribution in [1.29, 1.82) is 0 Å². The van der Waals surface area contributed by atoms with Crippen LogP contribution in [-0.4, -0.2) is 39.4 Å². The van der Waals surface area contributed by atoms with E-state index in [1.54, 1.807) is 25.2 Å². The summed E-state index contributed by atoms with van der Waals surface area (Å²) in [6.07, 6.45) is 1.34. The van der Waals surface area contributed by atoms with Gasteiger partial charge in [0, 0.05) is 12.6 Å². The molecule has 0 radical (unpaired) electrons. The Morgan fingerprint density at radius 1 is 1.03 bits per heavy atom. The lowest BCUT2D eigenvalue weighted by Gasteiger charge is -2.17. The van der Waals surface area contributed by atoms with Gasteiger partial charge >= 0.3 is 0 Å². The van der Waals surface area contributed by atoms with Crippen molar-refractivity contribution in [2.75, 3.05) is 20.2 Å². The number of nitrogens with zero attached hydrogens (tertiary/aromatic N) is 1.